The van der Waals surface area contributed by atoms with Crippen molar-refractivity contribution in [3.63, 3.8) is 0 Å². The van der Waals surface area contributed by atoms with Crippen LogP contribution in [0.25, 0.3) is 0 Å². The molecule has 1 aromatic rings. The Morgan fingerprint density at radius 1 is 1.37 bits per heavy atom. The second kappa shape index (κ2) is 7.09. The van der Waals surface area contributed by atoms with Crippen LogP contribution >= 0.6 is 35.0 Å². The van der Waals surface area contributed by atoms with E-state index in [9.17, 15) is 0 Å². The van der Waals surface area contributed by atoms with Crippen LogP contribution in [0.15, 0.2) is 27.0 Å². The SMILES string of the molecule is CN=C(N)N=C(N)Nc1c(Cl)cc(SC#N)cc1Cl. The van der Waals surface area contributed by atoms with Crippen LogP contribution in [0.1, 0.15) is 0 Å². The quantitative estimate of drug-likeness (QED) is 0.335. The maximum atomic E-state index is 8.59. The fourth-order valence-electron chi connectivity index (χ4n) is 1.11. The maximum absolute atomic E-state index is 8.59. The molecule has 0 saturated carbocycles. The largest absolute Gasteiger partial charge is 0.369 e. The van der Waals surface area contributed by atoms with Crippen LogP contribution in [-0.4, -0.2) is 19.0 Å². The lowest BCUT2D eigenvalue weighted by molar-refractivity contribution is 1.34. The summed E-state index contributed by atoms with van der Waals surface area (Å²) in [6.45, 7) is 0. The Labute approximate surface area is 124 Å². The average molecular weight is 317 g/mol. The van der Waals surface area contributed by atoms with Crippen molar-refractivity contribution >= 4 is 52.6 Å². The number of halogens is 2. The molecule has 0 aliphatic heterocycles. The second-order valence-electron chi connectivity index (χ2n) is 3.16. The van der Waals surface area contributed by atoms with Gasteiger partial charge in [0.05, 0.1) is 15.7 Å². The monoisotopic (exact) mass is 316 g/mol. The summed E-state index contributed by atoms with van der Waals surface area (Å²) in [6, 6.07) is 3.18. The van der Waals surface area contributed by atoms with Gasteiger partial charge in [-0.2, -0.15) is 10.3 Å². The fourth-order valence-corrected chi connectivity index (χ4v) is 2.28. The third-order valence-electron chi connectivity index (χ3n) is 1.90. The number of nitrogens with one attached hydrogen (secondary N) is 1. The summed E-state index contributed by atoms with van der Waals surface area (Å²) < 4.78 is 0. The number of benzene rings is 1. The first-order valence-corrected chi connectivity index (χ1v) is 6.43. The molecule has 5 N–H and O–H groups in total. The van der Waals surface area contributed by atoms with Crippen molar-refractivity contribution in [3.8, 4) is 5.40 Å². The number of nitrogens with two attached hydrogens (primary N) is 2. The number of hydrogen-bond acceptors (Lipinski definition) is 3. The summed E-state index contributed by atoms with van der Waals surface area (Å²) in [4.78, 5) is 8.04. The van der Waals surface area contributed by atoms with E-state index in [0.29, 0.717) is 20.6 Å². The number of nitriles is 1. The molecule has 0 amide bonds. The summed E-state index contributed by atoms with van der Waals surface area (Å²) in [5, 5.41) is 13.9. The highest BCUT2D eigenvalue weighted by Crippen LogP contribution is 2.34. The number of anilines is 1. The smallest absolute Gasteiger partial charge is 0.218 e. The molecule has 9 heteroatoms. The van der Waals surface area contributed by atoms with Gasteiger partial charge in [-0.1, -0.05) is 23.2 Å². The molecule has 0 heterocycles. The van der Waals surface area contributed by atoms with Crippen LogP contribution in [0.5, 0.6) is 0 Å². The molecule has 0 aliphatic carbocycles. The first-order chi connectivity index (χ1) is 8.97. The number of nitrogens with zero attached hydrogens (tertiary/aromatic N) is 3. The van der Waals surface area contributed by atoms with Gasteiger partial charge in [-0.15, -0.1) is 0 Å². The van der Waals surface area contributed by atoms with Gasteiger partial charge in [-0.05, 0) is 23.9 Å². The third kappa shape index (κ3) is 4.52. The molecule has 1 aromatic carbocycles. The highest BCUT2D eigenvalue weighted by molar-refractivity contribution is 8.03. The zero-order valence-electron chi connectivity index (χ0n) is 9.82. The van der Waals surface area contributed by atoms with E-state index in [-0.39, 0.29) is 11.9 Å². The summed E-state index contributed by atoms with van der Waals surface area (Å²) in [5.74, 6) is 0.0292. The molecule has 0 spiro atoms. The van der Waals surface area contributed by atoms with E-state index in [0.717, 1.165) is 11.8 Å². The molecule has 1 rings (SSSR count). The fraction of sp³-hybridized carbons (Fsp3) is 0.100. The summed E-state index contributed by atoms with van der Waals surface area (Å²) >= 11 is 13.0. The number of hydrogen-bond donors (Lipinski definition) is 3. The summed E-state index contributed by atoms with van der Waals surface area (Å²) in [6.07, 6.45) is 0. The number of guanidine groups is 2. The predicted molar refractivity (Wildman–Crippen MR) is 80.7 cm³/mol. The Morgan fingerprint density at radius 3 is 2.42 bits per heavy atom. The van der Waals surface area contributed by atoms with E-state index in [1.54, 1.807) is 12.1 Å². The van der Waals surface area contributed by atoms with Crippen LogP contribution in [0.4, 0.5) is 5.69 Å². The Hall–Kier alpha value is -1.62. The number of thiocyanates is 1. The van der Waals surface area contributed by atoms with Crippen LogP contribution in [0.2, 0.25) is 10.0 Å². The van der Waals surface area contributed by atoms with Gasteiger partial charge in [0.25, 0.3) is 0 Å². The molecule has 6 nitrogen and oxygen atoms in total. The highest BCUT2D eigenvalue weighted by Gasteiger charge is 2.10. The zero-order chi connectivity index (χ0) is 14.4. The Kier molecular flexibility index (Phi) is 5.76. The van der Waals surface area contributed by atoms with Crippen LogP contribution in [0, 0.1) is 10.7 Å². The minimum Gasteiger partial charge on any atom is -0.369 e. The molecule has 0 aromatic heterocycles. The molecule has 0 bridgehead atoms. The molecule has 0 fully saturated rings. The number of aliphatic imine (C=N–C) groups is 2. The Balaban J connectivity index is 3.03. The maximum Gasteiger partial charge on any atom is 0.218 e. The molecule has 100 valence electrons. The van der Waals surface area contributed by atoms with E-state index < -0.39 is 0 Å². The lowest BCUT2D eigenvalue weighted by Crippen LogP contribution is -2.26. The van der Waals surface area contributed by atoms with Crippen molar-refractivity contribution in [2.75, 3.05) is 12.4 Å². The number of thioether (sulfide) groups is 1. The van der Waals surface area contributed by atoms with Crippen LogP contribution in [-0.2, 0) is 0 Å². The minimum absolute atomic E-state index is 0.00702. The van der Waals surface area contributed by atoms with Crippen LogP contribution < -0.4 is 16.8 Å². The van der Waals surface area contributed by atoms with Crippen LogP contribution in [0.3, 0.4) is 0 Å². The zero-order valence-corrected chi connectivity index (χ0v) is 12.1. The average Bonchev–Trinajstić information content (AvgIpc) is 2.34. The molecule has 0 atom stereocenters. The standard InChI is InChI=1S/C10H10Cl2N6S/c1-16-9(14)18-10(15)17-8-6(11)2-5(19-4-13)3-7(8)12/h2-3H,1H3,(H5,14,15,16,17,18). The second-order valence-corrected chi connectivity index (χ2v) is 4.83. The van der Waals surface area contributed by atoms with Gasteiger partial charge in [0, 0.05) is 11.9 Å². The highest BCUT2D eigenvalue weighted by atomic mass is 35.5. The lowest BCUT2D eigenvalue weighted by atomic mass is 10.3. The first kappa shape index (κ1) is 15.4. The van der Waals surface area contributed by atoms with Gasteiger partial charge in [-0.25, -0.2) is 0 Å². The van der Waals surface area contributed by atoms with Gasteiger partial charge in [0.2, 0.25) is 11.9 Å². The van der Waals surface area contributed by atoms with Crippen molar-refractivity contribution < 1.29 is 0 Å². The van der Waals surface area contributed by atoms with E-state index in [2.05, 4.69) is 15.3 Å². The summed E-state index contributed by atoms with van der Waals surface area (Å²) in [7, 11) is 1.49. The molecule has 19 heavy (non-hydrogen) atoms. The molecule has 0 saturated heterocycles. The van der Waals surface area contributed by atoms with Crippen molar-refractivity contribution in [1.29, 1.82) is 5.26 Å². The number of rotatable bonds is 2. The molecule has 0 aliphatic rings. The van der Waals surface area contributed by atoms with Gasteiger partial charge in [0.1, 0.15) is 5.40 Å². The summed E-state index contributed by atoms with van der Waals surface area (Å²) in [5.41, 5.74) is 11.4. The van der Waals surface area contributed by atoms with Gasteiger partial charge < -0.3 is 16.8 Å². The van der Waals surface area contributed by atoms with Gasteiger partial charge in [-0.3, -0.25) is 4.99 Å². The molecule has 0 unspecified atom stereocenters. The van der Waals surface area contributed by atoms with Gasteiger partial charge >= 0.3 is 0 Å². The Morgan fingerprint density at radius 2 is 1.95 bits per heavy atom. The van der Waals surface area contributed by atoms with E-state index >= 15 is 0 Å². The molecular formula is C10H10Cl2N6S. The molecular weight excluding hydrogens is 307 g/mol. The lowest BCUT2D eigenvalue weighted by Gasteiger charge is -2.10. The van der Waals surface area contributed by atoms with E-state index in [1.165, 1.54) is 7.05 Å². The third-order valence-corrected chi connectivity index (χ3v) is 3.06. The Bertz CT molecular complexity index is 555. The first-order valence-electron chi connectivity index (χ1n) is 4.86. The van der Waals surface area contributed by atoms with Crippen molar-refractivity contribution in [2.45, 2.75) is 4.90 Å². The van der Waals surface area contributed by atoms with E-state index in [4.69, 9.17) is 39.9 Å². The predicted octanol–water partition coefficient (Wildman–Crippen LogP) is 2.24. The normalized spacial score (nSPS) is 12.1. The minimum atomic E-state index is 0.00702. The topological polar surface area (TPSA) is 113 Å². The van der Waals surface area contributed by atoms with E-state index in [1.807, 2.05) is 5.40 Å². The van der Waals surface area contributed by atoms with Crippen molar-refractivity contribution in [3.05, 3.63) is 22.2 Å². The van der Waals surface area contributed by atoms with Gasteiger partial charge in [0.15, 0.2) is 0 Å². The van der Waals surface area contributed by atoms with Crippen molar-refractivity contribution in [1.82, 2.24) is 0 Å². The van der Waals surface area contributed by atoms with Crippen molar-refractivity contribution in [2.24, 2.45) is 21.5 Å². The molecule has 0 radical (unpaired) electrons.